The number of aromatic nitrogens is 2. The highest BCUT2D eigenvalue weighted by Gasteiger charge is 2.14. The number of methoxy groups -OCH3 is 2. The van der Waals surface area contributed by atoms with Crippen LogP contribution in [-0.2, 0) is 13.6 Å². The van der Waals surface area contributed by atoms with Crippen LogP contribution < -0.4 is 20.1 Å². The van der Waals surface area contributed by atoms with E-state index in [2.05, 4.69) is 20.7 Å². The normalized spacial score (nSPS) is 11.3. The standard InChI is InChI=1S/C25H31N5O3/c1-15-8-9-19(10-16(15)2)24(31)28-25(26-14-23-17(3)29-30(5)18(23)4)27-20-11-21(32-6)13-22(12-20)33-7/h8-13H,14H2,1-7H3,(H2,26,27,28,31). The summed E-state index contributed by atoms with van der Waals surface area (Å²) >= 11 is 0. The van der Waals surface area contributed by atoms with E-state index in [1.54, 1.807) is 38.5 Å². The molecule has 0 aliphatic heterocycles. The molecule has 2 aromatic carbocycles. The zero-order chi connectivity index (χ0) is 24.1. The molecular formula is C25H31N5O3. The van der Waals surface area contributed by atoms with E-state index in [9.17, 15) is 4.79 Å². The molecule has 0 radical (unpaired) electrons. The molecule has 1 aromatic heterocycles. The highest BCUT2D eigenvalue weighted by Crippen LogP contribution is 2.26. The van der Waals surface area contributed by atoms with Crippen LogP contribution in [-0.4, -0.2) is 35.9 Å². The molecule has 0 aliphatic carbocycles. The zero-order valence-corrected chi connectivity index (χ0v) is 20.2. The lowest BCUT2D eigenvalue weighted by Gasteiger charge is -2.14. The highest BCUT2D eigenvalue weighted by atomic mass is 16.5. The third-order valence-corrected chi connectivity index (χ3v) is 5.67. The van der Waals surface area contributed by atoms with Crippen molar-refractivity contribution in [2.45, 2.75) is 34.2 Å². The van der Waals surface area contributed by atoms with E-state index in [1.165, 1.54) is 0 Å². The lowest BCUT2D eigenvalue weighted by atomic mass is 10.1. The van der Waals surface area contributed by atoms with Crippen LogP contribution >= 0.6 is 0 Å². The third kappa shape index (κ3) is 5.71. The third-order valence-electron chi connectivity index (χ3n) is 5.67. The quantitative estimate of drug-likeness (QED) is 0.437. The average Bonchev–Trinajstić information content (AvgIpc) is 3.04. The predicted molar refractivity (Wildman–Crippen MR) is 130 cm³/mol. The fourth-order valence-electron chi connectivity index (χ4n) is 3.39. The van der Waals surface area contributed by atoms with Gasteiger partial charge in [0.1, 0.15) is 11.5 Å². The Bertz CT molecular complexity index is 1170. The molecule has 0 aliphatic rings. The van der Waals surface area contributed by atoms with Gasteiger partial charge in [0.05, 0.1) is 26.5 Å². The van der Waals surface area contributed by atoms with Crippen molar-refractivity contribution in [3.05, 3.63) is 70.0 Å². The van der Waals surface area contributed by atoms with E-state index in [-0.39, 0.29) is 5.91 Å². The number of ether oxygens (including phenoxy) is 2. The summed E-state index contributed by atoms with van der Waals surface area (Å²) in [6.07, 6.45) is 0. The summed E-state index contributed by atoms with van der Waals surface area (Å²) in [5.74, 6) is 1.31. The second kappa shape index (κ2) is 10.2. The number of aliphatic imine (C=N–C) groups is 1. The molecule has 0 atom stereocenters. The number of nitrogens with zero attached hydrogens (tertiary/aromatic N) is 3. The molecule has 1 heterocycles. The monoisotopic (exact) mass is 449 g/mol. The van der Waals surface area contributed by atoms with E-state index >= 15 is 0 Å². The van der Waals surface area contributed by atoms with E-state index < -0.39 is 0 Å². The van der Waals surface area contributed by atoms with Gasteiger partial charge in [0.2, 0.25) is 5.96 Å². The summed E-state index contributed by atoms with van der Waals surface area (Å²) in [5.41, 5.74) is 6.36. The molecule has 8 nitrogen and oxygen atoms in total. The van der Waals surface area contributed by atoms with Crippen LogP contribution in [0.4, 0.5) is 5.69 Å². The number of benzene rings is 2. The first-order valence-corrected chi connectivity index (χ1v) is 10.6. The Hall–Kier alpha value is -3.81. The first-order valence-electron chi connectivity index (χ1n) is 10.6. The van der Waals surface area contributed by atoms with Crippen molar-refractivity contribution in [2.75, 3.05) is 19.5 Å². The summed E-state index contributed by atoms with van der Waals surface area (Å²) in [4.78, 5) is 17.7. The number of rotatable bonds is 6. The van der Waals surface area contributed by atoms with Crippen LogP contribution in [0.3, 0.4) is 0 Å². The van der Waals surface area contributed by atoms with Gasteiger partial charge in [-0.2, -0.15) is 5.10 Å². The van der Waals surface area contributed by atoms with Gasteiger partial charge in [-0.25, -0.2) is 4.99 Å². The van der Waals surface area contributed by atoms with Crippen LogP contribution in [0.25, 0.3) is 0 Å². The fourth-order valence-corrected chi connectivity index (χ4v) is 3.39. The minimum atomic E-state index is -0.251. The summed E-state index contributed by atoms with van der Waals surface area (Å²) in [6, 6.07) is 11.0. The van der Waals surface area contributed by atoms with Crippen LogP contribution in [0.2, 0.25) is 0 Å². The predicted octanol–water partition coefficient (Wildman–Crippen LogP) is 4.07. The van der Waals surface area contributed by atoms with Crippen LogP contribution in [0.1, 0.15) is 38.4 Å². The molecule has 0 bridgehead atoms. The maximum Gasteiger partial charge on any atom is 0.257 e. The number of carbonyl (C=O) groups excluding carboxylic acids is 1. The van der Waals surface area contributed by atoms with E-state index in [0.29, 0.717) is 35.3 Å². The van der Waals surface area contributed by atoms with Crippen LogP contribution in [0.15, 0.2) is 41.4 Å². The van der Waals surface area contributed by atoms with Gasteiger partial charge in [0, 0.05) is 47.8 Å². The Labute approximate surface area is 194 Å². The van der Waals surface area contributed by atoms with Crippen molar-refractivity contribution >= 4 is 17.6 Å². The topological polar surface area (TPSA) is 89.8 Å². The van der Waals surface area contributed by atoms with Gasteiger partial charge in [-0.15, -0.1) is 0 Å². The lowest BCUT2D eigenvalue weighted by Crippen LogP contribution is -2.36. The van der Waals surface area contributed by atoms with E-state index in [0.717, 1.165) is 28.1 Å². The Morgan fingerprint density at radius 3 is 2.21 bits per heavy atom. The van der Waals surface area contributed by atoms with Gasteiger partial charge in [0.15, 0.2) is 0 Å². The van der Waals surface area contributed by atoms with Gasteiger partial charge < -0.3 is 14.8 Å². The van der Waals surface area contributed by atoms with Crippen molar-refractivity contribution in [2.24, 2.45) is 12.0 Å². The first-order chi connectivity index (χ1) is 15.7. The molecule has 0 saturated carbocycles. The number of aryl methyl sites for hydroxylation is 4. The maximum absolute atomic E-state index is 13.0. The SMILES string of the molecule is COc1cc(NC(=NCc2c(C)nn(C)c2C)NC(=O)c2ccc(C)c(C)c2)cc(OC)c1. The van der Waals surface area contributed by atoms with Crippen LogP contribution in [0, 0.1) is 27.7 Å². The van der Waals surface area contributed by atoms with Crippen LogP contribution in [0.5, 0.6) is 11.5 Å². The van der Waals surface area contributed by atoms with Crippen molar-refractivity contribution in [3.63, 3.8) is 0 Å². The lowest BCUT2D eigenvalue weighted by molar-refractivity contribution is 0.0977. The molecular weight excluding hydrogens is 418 g/mol. The van der Waals surface area contributed by atoms with E-state index in [1.807, 2.05) is 51.6 Å². The molecule has 1 amide bonds. The molecule has 0 fully saturated rings. The van der Waals surface area contributed by atoms with E-state index in [4.69, 9.17) is 9.47 Å². The molecule has 0 spiro atoms. The number of amides is 1. The minimum Gasteiger partial charge on any atom is -0.497 e. The minimum absolute atomic E-state index is 0.251. The Balaban J connectivity index is 1.93. The first kappa shape index (κ1) is 23.8. The number of hydrogen-bond donors (Lipinski definition) is 2. The van der Waals surface area contributed by atoms with Gasteiger partial charge in [0.25, 0.3) is 5.91 Å². The number of carbonyl (C=O) groups is 1. The summed E-state index contributed by atoms with van der Waals surface area (Å²) in [5, 5.41) is 10.6. The highest BCUT2D eigenvalue weighted by molar-refractivity contribution is 6.10. The zero-order valence-electron chi connectivity index (χ0n) is 20.2. The molecule has 3 aromatic rings. The average molecular weight is 450 g/mol. The molecule has 33 heavy (non-hydrogen) atoms. The summed E-state index contributed by atoms with van der Waals surface area (Å²) < 4.78 is 12.5. The second-order valence-corrected chi connectivity index (χ2v) is 7.92. The Morgan fingerprint density at radius 1 is 1.00 bits per heavy atom. The number of hydrogen-bond acceptors (Lipinski definition) is 5. The molecule has 3 rings (SSSR count). The molecule has 8 heteroatoms. The Morgan fingerprint density at radius 2 is 1.67 bits per heavy atom. The van der Waals surface area contributed by atoms with Crippen molar-refractivity contribution in [1.29, 1.82) is 0 Å². The maximum atomic E-state index is 13.0. The second-order valence-electron chi connectivity index (χ2n) is 7.92. The van der Waals surface area contributed by atoms with Crippen molar-refractivity contribution in [1.82, 2.24) is 15.1 Å². The van der Waals surface area contributed by atoms with Gasteiger partial charge >= 0.3 is 0 Å². The molecule has 0 saturated heterocycles. The molecule has 0 unspecified atom stereocenters. The number of guanidine groups is 1. The van der Waals surface area contributed by atoms with Gasteiger partial charge in [-0.1, -0.05) is 6.07 Å². The Kier molecular flexibility index (Phi) is 7.37. The van der Waals surface area contributed by atoms with Gasteiger partial charge in [-0.3, -0.25) is 14.8 Å². The number of anilines is 1. The molecule has 174 valence electrons. The van der Waals surface area contributed by atoms with Gasteiger partial charge in [-0.05, 0) is 51.0 Å². The number of nitrogens with one attached hydrogen (secondary N) is 2. The molecule has 2 N–H and O–H groups in total. The summed E-state index contributed by atoms with van der Waals surface area (Å²) in [6.45, 7) is 8.31. The largest absolute Gasteiger partial charge is 0.497 e. The summed E-state index contributed by atoms with van der Waals surface area (Å²) in [7, 11) is 5.07. The fraction of sp³-hybridized carbons (Fsp3) is 0.320. The smallest absolute Gasteiger partial charge is 0.257 e. The van der Waals surface area contributed by atoms with Crippen molar-refractivity contribution < 1.29 is 14.3 Å². The van der Waals surface area contributed by atoms with Crippen molar-refractivity contribution in [3.8, 4) is 11.5 Å².